The topological polar surface area (TPSA) is 114 Å². The van der Waals surface area contributed by atoms with Gasteiger partial charge in [-0.2, -0.15) is 4.31 Å². The molecule has 0 saturated carbocycles. The molecular formula is C22H22N6O4S2. The highest BCUT2D eigenvalue weighted by Crippen LogP contribution is 2.23. The summed E-state index contributed by atoms with van der Waals surface area (Å²) in [4.78, 5) is 14.7. The van der Waals surface area contributed by atoms with Gasteiger partial charge in [0, 0.05) is 26.2 Å². The van der Waals surface area contributed by atoms with E-state index in [1.54, 1.807) is 34.0 Å². The molecule has 0 N–H and O–H groups in total. The van der Waals surface area contributed by atoms with E-state index in [1.807, 2.05) is 36.4 Å². The van der Waals surface area contributed by atoms with Crippen LogP contribution < -0.4 is 0 Å². The fourth-order valence-electron chi connectivity index (χ4n) is 3.82. The number of amides is 1. The van der Waals surface area contributed by atoms with Gasteiger partial charge in [-0.05, 0) is 45.5 Å². The van der Waals surface area contributed by atoms with Crippen molar-refractivity contribution in [1.29, 1.82) is 0 Å². The number of hydrogen-bond acceptors (Lipinski definition) is 8. The molecular weight excluding hydrogens is 476 g/mol. The molecule has 3 heterocycles. The number of sulfonamides is 1. The molecule has 0 radical (unpaired) electrons. The van der Waals surface area contributed by atoms with Crippen LogP contribution in [-0.4, -0.2) is 75.7 Å². The molecule has 0 atom stereocenters. The van der Waals surface area contributed by atoms with Crippen LogP contribution in [0.15, 0.2) is 75.3 Å². The molecule has 34 heavy (non-hydrogen) atoms. The van der Waals surface area contributed by atoms with Crippen LogP contribution in [0.25, 0.3) is 10.8 Å². The molecule has 5 rings (SSSR count). The lowest BCUT2D eigenvalue weighted by molar-refractivity contribution is -0.129. The van der Waals surface area contributed by atoms with Gasteiger partial charge in [0.05, 0.1) is 16.9 Å². The lowest BCUT2D eigenvalue weighted by Crippen LogP contribution is -2.50. The molecule has 0 spiro atoms. The molecule has 0 aliphatic carbocycles. The first-order valence-corrected chi connectivity index (χ1v) is 13.1. The molecule has 1 aliphatic rings. The van der Waals surface area contributed by atoms with Gasteiger partial charge in [-0.25, -0.2) is 13.1 Å². The van der Waals surface area contributed by atoms with E-state index in [1.165, 1.54) is 16.1 Å². The van der Waals surface area contributed by atoms with Crippen molar-refractivity contribution < 1.29 is 17.6 Å². The summed E-state index contributed by atoms with van der Waals surface area (Å²) in [6.07, 6.45) is 1.58. The van der Waals surface area contributed by atoms with Crippen molar-refractivity contribution in [2.24, 2.45) is 0 Å². The zero-order chi connectivity index (χ0) is 23.5. The van der Waals surface area contributed by atoms with Crippen molar-refractivity contribution in [2.75, 3.05) is 31.9 Å². The first-order chi connectivity index (χ1) is 16.5. The lowest BCUT2D eigenvalue weighted by atomic mass is 10.1. The maximum absolute atomic E-state index is 13.1. The second-order valence-corrected chi connectivity index (χ2v) is 10.7. The van der Waals surface area contributed by atoms with Crippen molar-refractivity contribution in [3.63, 3.8) is 0 Å². The van der Waals surface area contributed by atoms with Crippen molar-refractivity contribution in [1.82, 2.24) is 29.4 Å². The van der Waals surface area contributed by atoms with Crippen LogP contribution >= 0.6 is 11.8 Å². The lowest BCUT2D eigenvalue weighted by Gasteiger charge is -2.34. The quantitative estimate of drug-likeness (QED) is 0.356. The van der Waals surface area contributed by atoms with Crippen LogP contribution in [0.5, 0.6) is 0 Å². The van der Waals surface area contributed by atoms with E-state index in [-0.39, 0.29) is 29.6 Å². The highest BCUT2D eigenvalue weighted by molar-refractivity contribution is 7.99. The van der Waals surface area contributed by atoms with E-state index < -0.39 is 10.0 Å². The summed E-state index contributed by atoms with van der Waals surface area (Å²) in [5, 5.41) is 14.0. The highest BCUT2D eigenvalue weighted by atomic mass is 32.2. The monoisotopic (exact) mass is 498 g/mol. The zero-order valence-corrected chi connectivity index (χ0v) is 19.8. The SMILES string of the molecule is O=C(CSc1nnnn1Cc1ccco1)N1CCN(S(=O)(=O)c2ccc3ccccc3c2)CC1. The van der Waals surface area contributed by atoms with Crippen LogP contribution in [0.4, 0.5) is 0 Å². The first kappa shape index (κ1) is 22.6. The second-order valence-electron chi connectivity index (χ2n) is 7.78. The van der Waals surface area contributed by atoms with Gasteiger partial charge < -0.3 is 9.32 Å². The maximum Gasteiger partial charge on any atom is 0.243 e. The average molecular weight is 499 g/mol. The minimum absolute atomic E-state index is 0.0831. The van der Waals surface area contributed by atoms with Crippen molar-refractivity contribution in [3.05, 3.63) is 66.6 Å². The van der Waals surface area contributed by atoms with Crippen LogP contribution in [-0.2, 0) is 21.4 Å². The molecule has 1 saturated heterocycles. The van der Waals surface area contributed by atoms with Gasteiger partial charge >= 0.3 is 0 Å². The number of carbonyl (C=O) groups excluding carboxylic acids is 1. The van der Waals surface area contributed by atoms with Crippen LogP contribution in [0.1, 0.15) is 5.76 Å². The van der Waals surface area contributed by atoms with Gasteiger partial charge in [-0.3, -0.25) is 4.79 Å². The Bertz CT molecular complexity index is 1400. The van der Waals surface area contributed by atoms with E-state index >= 15 is 0 Å². The summed E-state index contributed by atoms with van der Waals surface area (Å²) >= 11 is 1.24. The number of benzene rings is 2. The number of hydrogen-bond donors (Lipinski definition) is 0. The number of aromatic nitrogens is 4. The number of furan rings is 1. The summed E-state index contributed by atoms with van der Waals surface area (Å²) in [5.74, 6) is 0.792. The number of carbonyl (C=O) groups is 1. The molecule has 0 bridgehead atoms. The molecule has 12 heteroatoms. The summed E-state index contributed by atoms with van der Waals surface area (Å²) in [6, 6.07) is 16.4. The summed E-state index contributed by atoms with van der Waals surface area (Å²) in [7, 11) is -3.63. The number of rotatable bonds is 7. The third-order valence-electron chi connectivity index (χ3n) is 5.66. The maximum atomic E-state index is 13.1. The van der Waals surface area contributed by atoms with Crippen LogP contribution in [0, 0.1) is 0 Å². The van der Waals surface area contributed by atoms with Crippen LogP contribution in [0.2, 0.25) is 0 Å². The fourth-order valence-corrected chi connectivity index (χ4v) is 6.06. The molecule has 2 aromatic heterocycles. The Balaban J connectivity index is 1.17. The van der Waals surface area contributed by atoms with E-state index in [2.05, 4.69) is 15.5 Å². The molecule has 0 unspecified atom stereocenters. The Hall–Kier alpha value is -3.22. The van der Waals surface area contributed by atoms with Gasteiger partial charge in [0.15, 0.2) is 0 Å². The van der Waals surface area contributed by atoms with Crippen LogP contribution in [0.3, 0.4) is 0 Å². The third-order valence-corrected chi connectivity index (χ3v) is 8.50. The minimum atomic E-state index is -3.63. The average Bonchev–Trinajstić information content (AvgIpc) is 3.54. The van der Waals surface area contributed by atoms with Gasteiger partial charge in [0.1, 0.15) is 12.3 Å². The van der Waals surface area contributed by atoms with Gasteiger partial charge in [0.25, 0.3) is 0 Å². The molecule has 1 amide bonds. The standard InChI is InChI=1S/C22H22N6O4S2/c29-21(16-33-22-23-24-25-28(22)15-19-6-3-13-32-19)26-9-11-27(12-10-26)34(30,31)20-8-7-17-4-1-2-5-18(17)14-20/h1-8,13-14H,9-12,15-16H2. The summed E-state index contributed by atoms with van der Waals surface area (Å²) in [6.45, 7) is 1.55. The Kier molecular flexibility index (Phi) is 6.35. The summed E-state index contributed by atoms with van der Waals surface area (Å²) in [5.41, 5.74) is 0. The zero-order valence-electron chi connectivity index (χ0n) is 18.1. The number of nitrogens with zero attached hydrogens (tertiary/aromatic N) is 6. The van der Waals surface area contributed by atoms with E-state index in [4.69, 9.17) is 4.42 Å². The molecule has 1 fully saturated rings. The Morgan fingerprint density at radius 2 is 1.79 bits per heavy atom. The Morgan fingerprint density at radius 1 is 1.00 bits per heavy atom. The smallest absolute Gasteiger partial charge is 0.243 e. The third kappa shape index (κ3) is 4.69. The predicted molar refractivity (Wildman–Crippen MR) is 126 cm³/mol. The predicted octanol–water partition coefficient (Wildman–Crippen LogP) is 2.09. The molecule has 4 aromatic rings. The molecule has 10 nitrogen and oxygen atoms in total. The number of piperazine rings is 1. The minimum Gasteiger partial charge on any atom is -0.467 e. The van der Waals surface area contributed by atoms with E-state index in [0.717, 1.165) is 10.8 Å². The Morgan fingerprint density at radius 3 is 2.56 bits per heavy atom. The van der Waals surface area contributed by atoms with E-state index in [9.17, 15) is 13.2 Å². The fraction of sp³-hybridized carbons (Fsp3) is 0.273. The van der Waals surface area contributed by atoms with Crippen molar-refractivity contribution >= 4 is 38.5 Å². The van der Waals surface area contributed by atoms with Gasteiger partial charge in [-0.1, -0.05) is 42.1 Å². The van der Waals surface area contributed by atoms with Crippen molar-refractivity contribution in [3.8, 4) is 0 Å². The number of thioether (sulfide) groups is 1. The van der Waals surface area contributed by atoms with E-state index in [0.29, 0.717) is 30.6 Å². The first-order valence-electron chi connectivity index (χ1n) is 10.7. The normalized spacial score (nSPS) is 15.1. The molecule has 176 valence electrons. The molecule has 2 aromatic carbocycles. The Labute approximate surface area is 200 Å². The second kappa shape index (κ2) is 9.57. The number of fused-ring (bicyclic) bond motifs is 1. The van der Waals surface area contributed by atoms with Gasteiger partial charge in [0.2, 0.25) is 21.1 Å². The van der Waals surface area contributed by atoms with Gasteiger partial charge in [-0.15, -0.1) is 5.10 Å². The molecule has 1 aliphatic heterocycles. The highest BCUT2D eigenvalue weighted by Gasteiger charge is 2.30. The van der Waals surface area contributed by atoms with Crippen molar-refractivity contribution in [2.45, 2.75) is 16.6 Å². The summed E-state index contributed by atoms with van der Waals surface area (Å²) < 4.78 is 34.6. The largest absolute Gasteiger partial charge is 0.467 e. The number of tetrazole rings is 1.